The fourth-order valence-electron chi connectivity index (χ4n) is 1.31. The molecule has 2 N–H and O–H groups in total. The van der Waals surface area contributed by atoms with Crippen LogP contribution in [-0.2, 0) is 0 Å². The van der Waals surface area contributed by atoms with Crippen molar-refractivity contribution < 1.29 is 0 Å². The Hall–Kier alpha value is -1.61. The van der Waals surface area contributed by atoms with Gasteiger partial charge in [-0.2, -0.15) is 0 Å². The van der Waals surface area contributed by atoms with Crippen LogP contribution in [0.25, 0.3) is 12.7 Å². The molecule has 0 atom stereocenters. The van der Waals surface area contributed by atoms with Gasteiger partial charge in [0.1, 0.15) is 0 Å². The van der Waals surface area contributed by atoms with Crippen molar-refractivity contribution in [2.75, 3.05) is 5.73 Å². The zero-order valence-electron chi connectivity index (χ0n) is 8.53. The van der Waals surface area contributed by atoms with E-state index < -0.39 is 0 Å². The predicted molar refractivity (Wildman–Crippen MR) is 66.0 cm³/mol. The van der Waals surface area contributed by atoms with Crippen LogP contribution >= 0.6 is 11.3 Å². The second kappa shape index (κ2) is 3.87. The maximum atomic E-state index is 5.60. The third kappa shape index (κ3) is 2.25. The smallest absolute Gasteiger partial charge is 0.181 e. The molecule has 0 saturated heterocycles. The van der Waals surface area contributed by atoms with Crippen LogP contribution in [0.15, 0.2) is 24.3 Å². The topological polar surface area (TPSA) is 38.9 Å². The fraction of sp³-hybridized carbons (Fsp3) is 0.0833. The van der Waals surface area contributed by atoms with Crippen molar-refractivity contribution in [3.63, 3.8) is 0 Å². The highest BCUT2D eigenvalue weighted by molar-refractivity contribution is 7.13. The van der Waals surface area contributed by atoms with Crippen molar-refractivity contribution in [1.82, 2.24) is 4.98 Å². The third-order valence-electron chi connectivity index (χ3n) is 2.12. The normalized spacial score (nSPS) is 11.9. The highest BCUT2D eigenvalue weighted by Crippen LogP contribution is 2.04. The van der Waals surface area contributed by atoms with E-state index in [1.165, 1.54) is 16.9 Å². The van der Waals surface area contributed by atoms with Gasteiger partial charge in [-0.25, -0.2) is 4.98 Å². The van der Waals surface area contributed by atoms with Crippen LogP contribution in [0.4, 0.5) is 5.13 Å². The van der Waals surface area contributed by atoms with E-state index in [4.69, 9.17) is 5.73 Å². The van der Waals surface area contributed by atoms with E-state index in [-0.39, 0.29) is 0 Å². The molecule has 0 unspecified atom stereocenters. The molecule has 0 amide bonds. The molecule has 2 nitrogen and oxygen atoms in total. The van der Waals surface area contributed by atoms with Gasteiger partial charge in [0.25, 0.3) is 0 Å². The van der Waals surface area contributed by atoms with E-state index in [0.717, 1.165) is 15.4 Å². The van der Waals surface area contributed by atoms with Gasteiger partial charge in [0, 0.05) is 0 Å². The number of anilines is 1. The summed E-state index contributed by atoms with van der Waals surface area (Å²) < 4.78 is 1.02. The maximum absolute atomic E-state index is 5.60. The van der Waals surface area contributed by atoms with Crippen molar-refractivity contribution >= 4 is 29.1 Å². The van der Waals surface area contributed by atoms with Gasteiger partial charge in [-0.05, 0) is 18.6 Å². The van der Waals surface area contributed by atoms with Crippen molar-refractivity contribution in [3.8, 4) is 0 Å². The quantitative estimate of drug-likeness (QED) is 0.779. The standard InChI is InChI=1S/C12H12N2S/c1-8-3-5-10(6-4-8)7-11-9(2)14-12(13)15-11/h3-7H,2H2,1H3,(H2,13,14)/b11-7-. The lowest BCUT2D eigenvalue weighted by atomic mass is 10.1. The van der Waals surface area contributed by atoms with E-state index >= 15 is 0 Å². The molecule has 0 aliphatic rings. The maximum Gasteiger partial charge on any atom is 0.181 e. The lowest BCUT2D eigenvalue weighted by molar-refractivity contribution is 1.33. The Morgan fingerprint density at radius 3 is 2.53 bits per heavy atom. The van der Waals surface area contributed by atoms with Crippen LogP contribution in [-0.4, -0.2) is 4.98 Å². The number of aromatic nitrogens is 1. The van der Waals surface area contributed by atoms with Gasteiger partial charge in [0.15, 0.2) is 5.13 Å². The Labute approximate surface area is 92.4 Å². The number of benzene rings is 1. The number of nitrogen functional groups attached to an aromatic ring is 1. The van der Waals surface area contributed by atoms with Gasteiger partial charge in [0.2, 0.25) is 0 Å². The first-order chi connectivity index (χ1) is 7.15. The summed E-state index contributed by atoms with van der Waals surface area (Å²) in [4.78, 5) is 4.08. The Bertz CT molecular complexity index is 567. The fourth-order valence-corrected chi connectivity index (χ4v) is 2.05. The summed E-state index contributed by atoms with van der Waals surface area (Å²) in [5.74, 6) is 0. The minimum atomic E-state index is 0.568. The summed E-state index contributed by atoms with van der Waals surface area (Å²) in [7, 11) is 0. The van der Waals surface area contributed by atoms with Gasteiger partial charge in [-0.15, -0.1) is 0 Å². The Morgan fingerprint density at radius 2 is 2.00 bits per heavy atom. The molecule has 0 radical (unpaired) electrons. The Balaban J connectivity index is 2.51. The first kappa shape index (κ1) is 9.93. The van der Waals surface area contributed by atoms with Crippen LogP contribution in [0.3, 0.4) is 0 Å². The molecule has 0 aliphatic carbocycles. The number of rotatable bonds is 1. The van der Waals surface area contributed by atoms with E-state index in [1.54, 1.807) is 0 Å². The molecule has 0 spiro atoms. The summed E-state index contributed by atoms with van der Waals surface area (Å²) in [5, 5.41) is 1.32. The predicted octanol–water partition coefficient (Wildman–Crippen LogP) is 1.27. The van der Waals surface area contributed by atoms with Gasteiger partial charge < -0.3 is 5.73 Å². The van der Waals surface area contributed by atoms with Crippen LogP contribution in [0, 0.1) is 6.92 Å². The lowest BCUT2D eigenvalue weighted by Gasteiger charge is -1.92. The molecule has 0 saturated carbocycles. The second-order valence-electron chi connectivity index (χ2n) is 3.42. The average molecular weight is 216 g/mol. The van der Waals surface area contributed by atoms with E-state index in [1.807, 2.05) is 0 Å². The van der Waals surface area contributed by atoms with Crippen molar-refractivity contribution in [1.29, 1.82) is 0 Å². The van der Waals surface area contributed by atoms with Gasteiger partial charge >= 0.3 is 0 Å². The molecule has 15 heavy (non-hydrogen) atoms. The first-order valence-corrected chi connectivity index (χ1v) is 5.46. The van der Waals surface area contributed by atoms with Gasteiger partial charge in [-0.3, -0.25) is 0 Å². The molecule has 0 bridgehead atoms. The van der Waals surface area contributed by atoms with Crippen molar-refractivity contribution in [2.24, 2.45) is 0 Å². The zero-order chi connectivity index (χ0) is 10.8. The number of hydrogen-bond acceptors (Lipinski definition) is 3. The Morgan fingerprint density at radius 1 is 1.33 bits per heavy atom. The van der Waals surface area contributed by atoms with Crippen LogP contribution in [0.1, 0.15) is 11.1 Å². The molecule has 0 aliphatic heterocycles. The van der Waals surface area contributed by atoms with Crippen molar-refractivity contribution in [2.45, 2.75) is 6.92 Å². The lowest BCUT2D eigenvalue weighted by Crippen LogP contribution is -2.18. The second-order valence-corrected chi connectivity index (χ2v) is 4.48. The minimum absolute atomic E-state index is 0.568. The molecule has 1 aromatic carbocycles. The monoisotopic (exact) mass is 216 g/mol. The van der Waals surface area contributed by atoms with E-state index in [9.17, 15) is 0 Å². The van der Waals surface area contributed by atoms with Crippen molar-refractivity contribution in [3.05, 3.63) is 45.3 Å². The number of hydrogen-bond donors (Lipinski definition) is 1. The third-order valence-corrected chi connectivity index (χ3v) is 2.99. The molecule has 0 fully saturated rings. The molecule has 1 aromatic heterocycles. The van der Waals surface area contributed by atoms with E-state index in [0.29, 0.717) is 5.13 Å². The summed E-state index contributed by atoms with van der Waals surface area (Å²) >= 11 is 1.46. The van der Waals surface area contributed by atoms with Crippen LogP contribution in [0.2, 0.25) is 0 Å². The molecule has 3 heteroatoms. The Kier molecular flexibility index (Phi) is 2.56. The number of aryl methyl sites for hydroxylation is 1. The zero-order valence-corrected chi connectivity index (χ0v) is 9.34. The SMILES string of the molecule is C=c1nc(N)s/c1=C\c1ccc(C)cc1. The summed E-state index contributed by atoms with van der Waals surface area (Å²) in [6, 6.07) is 8.31. The number of nitrogens with zero attached hydrogens (tertiary/aromatic N) is 1. The molecule has 2 aromatic rings. The van der Waals surface area contributed by atoms with Gasteiger partial charge in [-0.1, -0.05) is 47.7 Å². The molecule has 2 rings (SSSR count). The van der Waals surface area contributed by atoms with Crippen LogP contribution < -0.4 is 15.6 Å². The van der Waals surface area contributed by atoms with Gasteiger partial charge in [0.05, 0.1) is 9.88 Å². The summed E-state index contributed by atoms with van der Waals surface area (Å²) in [6.07, 6.45) is 2.05. The highest BCUT2D eigenvalue weighted by atomic mass is 32.1. The highest BCUT2D eigenvalue weighted by Gasteiger charge is 1.93. The average Bonchev–Trinajstić information content (AvgIpc) is 2.49. The number of nitrogens with two attached hydrogens (primary N) is 1. The number of thiazole rings is 1. The first-order valence-electron chi connectivity index (χ1n) is 4.65. The summed E-state index contributed by atoms with van der Waals surface area (Å²) in [6.45, 7) is 5.91. The van der Waals surface area contributed by atoms with E-state index in [2.05, 4.69) is 48.8 Å². The van der Waals surface area contributed by atoms with Crippen LogP contribution in [0.5, 0.6) is 0 Å². The molecule has 76 valence electrons. The summed E-state index contributed by atoms with van der Waals surface area (Å²) in [5.41, 5.74) is 8.01. The molecular formula is C12H12N2S. The minimum Gasteiger partial charge on any atom is -0.375 e. The molecular weight excluding hydrogens is 204 g/mol. The molecule has 1 heterocycles. The largest absolute Gasteiger partial charge is 0.375 e.